The average Bonchev–Trinajstić information content (AvgIpc) is 3.51. The average molecular weight is 542 g/mol. The number of rotatable bonds is 11. The van der Waals surface area contributed by atoms with E-state index < -0.39 is 0 Å². The number of benzene rings is 2. The molecule has 40 heavy (non-hydrogen) atoms. The minimum Gasteiger partial charge on any atom is -0.497 e. The van der Waals surface area contributed by atoms with E-state index >= 15 is 0 Å². The molecule has 0 radical (unpaired) electrons. The first-order valence-electron chi connectivity index (χ1n) is 13.5. The van der Waals surface area contributed by atoms with Crippen molar-refractivity contribution >= 4 is 22.3 Å². The van der Waals surface area contributed by atoms with Gasteiger partial charge < -0.3 is 34.7 Å². The highest BCUT2D eigenvalue weighted by Crippen LogP contribution is 2.54. The summed E-state index contributed by atoms with van der Waals surface area (Å²) in [7, 11) is 5.05. The van der Waals surface area contributed by atoms with Crippen LogP contribution in [0.5, 0.6) is 17.2 Å². The molecule has 3 aliphatic rings. The van der Waals surface area contributed by atoms with Gasteiger partial charge in [0.1, 0.15) is 29.7 Å². The van der Waals surface area contributed by atoms with Crippen LogP contribution in [0.1, 0.15) is 18.4 Å². The molecule has 2 aliphatic heterocycles. The first kappa shape index (κ1) is 26.0. The van der Waals surface area contributed by atoms with Crippen molar-refractivity contribution < 1.29 is 14.2 Å². The molecule has 2 saturated heterocycles. The van der Waals surface area contributed by atoms with Crippen LogP contribution in [0.15, 0.2) is 71.8 Å². The molecule has 3 N–H and O–H groups in total. The molecule has 9 heteroatoms. The third-order valence-electron chi connectivity index (χ3n) is 8.26. The number of nitrogens with one attached hydrogen (secondary N) is 3. The monoisotopic (exact) mass is 541 g/mol. The third-order valence-corrected chi connectivity index (χ3v) is 8.26. The normalized spacial score (nSPS) is 21.1. The Morgan fingerprint density at radius 2 is 1.88 bits per heavy atom. The van der Waals surface area contributed by atoms with Crippen molar-refractivity contribution in [3.63, 3.8) is 0 Å². The van der Waals surface area contributed by atoms with E-state index in [1.165, 1.54) is 0 Å². The quantitative estimate of drug-likeness (QED) is 0.260. The molecule has 3 fully saturated rings. The molecule has 0 atom stereocenters. The first-order valence-corrected chi connectivity index (χ1v) is 13.5. The van der Waals surface area contributed by atoms with Crippen LogP contribution < -0.4 is 35.7 Å². The maximum Gasteiger partial charge on any atom is 0.253 e. The summed E-state index contributed by atoms with van der Waals surface area (Å²) in [6.07, 6.45) is 5.67. The highest BCUT2D eigenvalue weighted by molar-refractivity contribution is 5.99. The largest absolute Gasteiger partial charge is 0.497 e. The van der Waals surface area contributed by atoms with Crippen molar-refractivity contribution in [2.75, 3.05) is 44.5 Å². The summed E-state index contributed by atoms with van der Waals surface area (Å²) in [6, 6.07) is 17.6. The van der Waals surface area contributed by atoms with E-state index in [4.69, 9.17) is 14.2 Å². The summed E-state index contributed by atoms with van der Waals surface area (Å²) in [5.41, 5.74) is 2.23. The second kappa shape index (κ2) is 10.4. The Labute approximate surface area is 233 Å². The van der Waals surface area contributed by atoms with Crippen LogP contribution >= 0.6 is 0 Å². The number of aryl methyl sites for hydroxylation is 1. The maximum absolute atomic E-state index is 11.9. The minimum atomic E-state index is -0.0642. The van der Waals surface area contributed by atoms with Gasteiger partial charge in [-0.25, -0.2) is 4.98 Å². The number of methoxy groups -OCH3 is 2. The Bertz CT molecular complexity index is 1590. The minimum absolute atomic E-state index is 0.0228. The van der Waals surface area contributed by atoms with Gasteiger partial charge in [0.05, 0.1) is 19.8 Å². The molecule has 2 aromatic heterocycles. The molecule has 1 saturated carbocycles. The molecule has 0 unspecified atom stereocenters. The standard InChI is InChI=1S/C31H35N5O4/c1-36-12-10-23(14-28(36)37)40-20-31-16-30(17-31,19-35-31)18-34-26-6-4-5-25-24(26)9-11-32-29(25)33-15-21-7-8-22(38-2)13-27(21)39-3/h4-14,34-35H,15-20H2,1-3H3,(H,32,33). The van der Waals surface area contributed by atoms with E-state index in [0.29, 0.717) is 18.9 Å². The Morgan fingerprint density at radius 3 is 2.67 bits per heavy atom. The predicted octanol–water partition coefficient (Wildman–Crippen LogP) is 4.18. The molecular formula is C31H35N5O4. The number of anilines is 2. The zero-order chi connectivity index (χ0) is 27.7. The van der Waals surface area contributed by atoms with E-state index in [1.54, 1.807) is 38.1 Å². The van der Waals surface area contributed by atoms with Crippen molar-refractivity contribution in [3.05, 3.63) is 82.9 Å². The van der Waals surface area contributed by atoms with Gasteiger partial charge in [0.2, 0.25) is 0 Å². The van der Waals surface area contributed by atoms with Gasteiger partial charge in [0.25, 0.3) is 5.56 Å². The fourth-order valence-corrected chi connectivity index (χ4v) is 6.15. The van der Waals surface area contributed by atoms with Gasteiger partial charge in [-0.1, -0.05) is 12.1 Å². The summed E-state index contributed by atoms with van der Waals surface area (Å²) in [5, 5.41) is 13.1. The Hall–Kier alpha value is -4.24. The molecule has 4 aromatic rings. The lowest BCUT2D eigenvalue weighted by Gasteiger charge is -2.46. The van der Waals surface area contributed by atoms with Gasteiger partial charge in [0.15, 0.2) is 0 Å². The van der Waals surface area contributed by atoms with Crippen LogP contribution in [0, 0.1) is 5.41 Å². The zero-order valence-electron chi connectivity index (χ0n) is 23.1. The molecule has 2 aromatic carbocycles. The SMILES string of the molecule is COc1ccc(CNc2nccc3c(NCC45CNC(COc6ccn(C)c(=O)c6)(C4)C5)cccc23)c(OC)c1. The smallest absolute Gasteiger partial charge is 0.253 e. The second-order valence-corrected chi connectivity index (χ2v) is 11.0. The molecule has 7 rings (SSSR count). The van der Waals surface area contributed by atoms with Gasteiger partial charge in [0, 0.05) is 78.6 Å². The zero-order valence-corrected chi connectivity index (χ0v) is 23.1. The molecule has 1 aliphatic carbocycles. The third kappa shape index (κ3) is 4.93. The fraction of sp³-hybridized carbons (Fsp3) is 0.355. The summed E-state index contributed by atoms with van der Waals surface area (Å²) in [6.45, 7) is 2.97. The van der Waals surface area contributed by atoms with E-state index in [0.717, 1.165) is 65.3 Å². The van der Waals surface area contributed by atoms with Crippen molar-refractivity contribution in [1.82, 2.24) is 14.9 Å². The van der Waals surface area contributed by atoms with E-state index in [-0.39, 0.29) is 16.5 Å². The van der Waals surface area contributed by atoms with Crippen LogP contribution in [0.25, 0.3) is 10.8 Å². The van der Waals surface area contributed by atoms with Gasteiger partial charge in [-0.05, 0) is 43.2 Å². The highest BCUT2D eigenvalue weighted by Gasteiger charge is 2.60. The predicted molar refractivity (Wildman–Crippen MR) is 157 cm³/mol. The molecule has 2 bridgehead atoms. The number of pyridine rings is 2. The summed E-state index contributed by atoms with van der Waals surface area (Å²) < 4.78 is 18.4. The lowest BCUT2D eigenvalue weighted by molar-refractivity contribution is 0.0734. The van der Waals surface area contributed by atoms with Gasteiger partial charge in [-0.15, -0.1) is 0 Å². The highest BCUT2D eigenvalue weighted by atomic mass is 16.5. The number of ether oxygens (including phenoxy) is 3. The van der Waals surface area contributed by atoms with Crippen LogP contribution in [0.4, 0.5) is 11.5 Å². The topological polar surface area (TPSA) is 98.7 Å². The first-order chi connectivity index (χ1) is 19.4. The Morgan fingerprint density at radius 1 is 1.00 bits per heavy atom. The lowest BCUT2D eigenvalue weighted by atomic mass is 9.62. The van der Waals surface area contributed by atoms with Crippen LogP contribution in [-0.2, 0) is 13.6 Å². The molecule has 0 amide bonds. The van der Waals surface area contributed by atoms with E-state index in [9.17, 15) is 4.79 Å². The van der Waals surface area contributed by atoms with E-state index in [1.807, 2.05) is 30.5 Å². The molecule has 0 spiro atoms. The summed E-state index contributed by atoms with van der Waals surface area (Å²) in [5.74, 6) is 2.99. The molecule has 9 nitrogen and oxygen atoms in total. The van der Waals surface area contributed by atoms with Crippen molar-refractivity contribution in [2.45, 2.75) is 24.9 Å². The number of hydrogen-bond acceptors (Lipinski definition) is 8. The van der Waals surface area contributed by atoms with Crippen molar-refractivity contribution in [2.24, 2.45) is 12.5 Å². The number of aromatic nitrogens is 2. The van der Waals surface area contributed by atoms with Crippen molar-refractivity contribution in [1.29, 1.82) is 0 Å². The van der Waals surface area contributed by atoms with Gasteiger partial charge >= 0.3 is 0 Å². The fourth-order valence-electron chi connectivity index (χ4n) is 6.15. The maximum atomic E-state index is 11.9. The van der Waals surface area contributed by atoms with Crippen LogP contribution in [-0.4, -0.2) is 49.0 Å². The van der Waals surface area contributed by atoms with Crippen LogP contribution in [0.3, 0.4) is 0 Å². The Balaban J connectivity index is 1.10. The van der Waals surface area contributed by atoms with Crippen LogP contribution in [0.2, 0.25) is 0 Å². The number of fused-ring (bicyclic) bond motifs is 2. The second-order valence-electron chi connectivity index (χ2n) is 11.0. The van der Waals surface area contributed by atoms with Crippen molar-refractivity contribution in [3.8, 4) is 17.2 Å². The molecule has 208 valence electrons. The summed E-state index contributed by atoms with van der Waals surface area (Å²) >= 11 is 0. The molecular weight excluding hydrogens is 506 g/mol. The number of hydrogen-bond donors (Lipinski definition) is 3. The number of nitrogens with zero attached hydrogens (tertiary/aromatic N) is 2. The summed E-state index contributed by atoms with van der Waals surface area (Å²) in [4.78, 5) is 16.5. The lowest BCUT2D eigenvalue weighted by Crippen LogP contribution is -2.54. The van der Waals surface area contributed by atoms with E-state index in [2.05, 4.69) is 45.2 Å². The Kier molecular flexibility index (Phi) is 6.75. The molecule has 4 heterocycles. The van der Waals surface area contributed by atoms with Gasteiger partial charge in [-0.2, -0.15) is 0 Å². The van der Waals surface area contributed by atoms with Gasteiger partial charge in [-0.3, -0.25) is 4.79 Å².